The third kappa shape index (κ3) is 3.75. The summed E-state index contributed by atoms with van der Waals surface area (Å²) in [5, 5.41) is 14.5. The molecule has 4 rings (SSSR count). The van der Waals surface area contributed by atoms with Crippen molar-refractivity contribution in [3.05, 3.63) is 65.5 Å². The second-order valence-corrected chi connectivity index (χ2v) is 7.84. The Bertz CT molecular complexity index is 783. The molecule has 2 aliphatic rings. The maximum absolute atomic E-state index is 12.9. The number of rotatable bonds is 3. The van der Waals surface area contributed by atoms with E-state index < -0.39 is 5.60 Å². The average molecular weight is 365 g/mol. The van der Waals surface area contributed by atoms with Gasteiger partial charge in [0, 0.05) is 25.3 Å². The van der Waals surface area contributed by atoms with Gasteiger partial charge in [-0.25, -0.2) is 0 Å². The Balaban J connectivity index is 1.36. The fourth-order valence-corrected chi connectivity index (χ4v) is 4.20. The molecule has 0 spiro atoms. The third-order valence-corrected chi connectivity index (χ3v) is 5.94. The van der Waals surface area contributed by atoms with Gasteiger partial charge in [0.05, 0.1) is 11.7 Å². The zero-order chi connectivity index (χ0) is 18.9. The molecular weight excluding hydrogens is 338 g/mol. The van der Waals surface area contributed by atoms with Crippen molar-refractivity contribution in [2.24, 2.45) is 0 Å². The molecular formula is C22H27N3O2. The molecule has 2 aromatic rings. The van der Waals surface area contributed by atoms with Crippen LogP contribution < -0.4 is 5.32 Å². The summed E-state index contributed by atoms with van der Waals surface area (Å²) in [7, 11) is 0. The van der Waals surface area contributed by atoms with Gasteiger partial charge >= 0.3 is 0 Å². The monoisotopic (exact) mass is 365 g/mol. The van der Waals surface area contributed by atoms with E-state index in [9.17, 15) is 9.90 Å². The number of hydrogen-bond acceptors (Lipinski definition) is 4. The standard InChI is InChI=1S/C22H27N3O2/c1-16-7-10-20(23-15-16)22(27)11-13-25(14-12-22)21(26)19-9-8-18(24-19)17-5-3-2-4-6-17/h2-7,10,15,18-19,24,27H,8-9,11-14H2,1H3/t18-,19-/m1/s1. The highest BCUT2D eigenvalue weighted by molar-refractivity contribution is 5.82. The van der Waals surface area contributed by atoms with Crippen LogP contribution in [0.1, 0.15) is 48.5 Å². The molecule has 0 bridgehead atoms. The number of carbonyl (C=O) groups is 1. The van der Waals surface area contributed by atoms with Crippen LogP contribution in [0.3, 0.4) is 0 Å². The lowest BCUT2D eigenvalue weighted by Gasteiger charge is -2.38. The Morgan fingerprint density at radius 2 is 1.89 bits per heavy atom. The van der Waals surface area contributed by atoms with E-state index in [-0.39, 0.29) is 18.0 Å². The molecule has 2 saturated heterocycles. The summed E-state index contributed by atoms with van der Waals surface area (Å²) in [5.41, 5.74) is 2.10. The van der Waals surface area contributed by atoms with Gasteiger partial charge < -0.3 is 10.0 Å². The minimum Gasteiger partial charge on any atom is -0.383 e. The lowest BCUT2D eigenvalue weighted by Crippen LogP contribution is -2.50. The number of hydrogen-bond donors (Lipinski definition) is 2. The summed E-state index contributed by atoms with van der Waals surface area (Å²) in [5.74, 6) is 0.160. The zero-order valence-corrected chi connectivity index (χ0v) is 15.8. The molecule has 2 fully saturated rings. The van der Waals surface area contributed by atoms with Crippen LogP contribution in [0.15, 0.2) is 48.7 Å². The molecule has 0 aliphatic carbocycles. The molecule has 0 saturated carbocycles. The number of aliphatic hydroxyl groups is 1. The number of benzene rings is 1. The number of aromatic nitrogens is 1. The molecule has 0 unspecified atom stereocenters. The smallest absolute Gasteiger partial charge is 0.239 e. The first-order chi connectivity index (χ1) is 13.0. The minimum atomic E-state index is -0.930. The second-order valence-electron chi connectivity index (χ2n) is 7.84. The summed E-state index contributed by atoms with van der Waals surface area (Å²) in [4.78, 5) is 19.2. The summed E-state index contributed by atoms with van der Waals surface area (Å²) in [6.45, 7) is 3.12. The number of carbonyl (C=O) groups excluding carboxylic acids is 1. The van der Waals surface area contributed by atoms with E-state index in [2.05, 4.69) is 22.4 Å². The highest BCUT2D eigenvalue weighted by Crippen LogP contribution is 2.33. The Morgan fingerprint density at radius 1 is 1.15 bits per heavy atom. The maximum atomic E-state index is 12.9. The molecule has 5 nitrogen and oxygen atoms in total. The van der Waals surface area contributed by atoms with Gasteiger partial charge in [0.15, 0.2) is 0 Å². The van der Waals surface area contributed by atoms with Gasteiger partial charge in [-0.3, -0.25) is 15.1 Å². The number of nitrogens with zero attached hydrogens (tertiary/aromatic N) is 2. The predicted molar refractivity (Wildman–Crippen MR) is 104 cm³/mol. The van der Waals surface area contributed by atoms with Crippen LogP contribution in [0.2, 0.25) is 0 Å². The first-order valence-corrected chi connectivity index (χ1v) is 9.80. The molecule has 142 valence electrons. The highest BCUT2D eigenvalue weighted by Gasteiger charge is 2.39. The molecule has 2 atom stereocenters. The Hall–Kier alpha value is -2.24. The van der Waals surface area contributed by atoms with E-state index in [1.807, 2.05) is 42.2 Å². The van der Waals surface area contributed by atoms with Gasteiger partial charge in [-0.1, -0.05) is 36.4 Å². The second kappa shape index (κ2) is 7.41. The highest BCUT2D eigenvalue weighted by atomic mass is 16.3. The van der Waals surface area contributed by atoms with Crippen molar-refractivity contribution in [3.8, 4) is 0 Å². The average Bonchev–Trinajstić information content (AvgIpc) is 3.19. The van der Waals surface area contributed by atoms with Gasteiger partial charge in [-0.05, 0) is 49.8 Å². The molecule has 0 radical (unpaired) electrons. The van der Waals surface area contributed by atoms with Crippen LogP contribution in [0.5, 0.6) is 0 Å². The Kier molecular flexibility index (Phi) is 4.98. The van der Waals surface area contributed by atoms with Crippen molar-refractivity contribution in [1.29, 1.82) is 0 Å². The van der Waals surface area contributed by atoms with E-state index in [0.29, 0.717) is 31.6 Å². The van der Waals surface area contributed by atoms with E-state index in [1.54, 1.807) is 6.20 Å². The number of aryl methyl sites for hydroxylation is 1. The Morgan fingerprint density at radius 3 is 2.56 bits per heavy atom. The molecule has 1 aromatic carbocycles. The van der Waals surface area contributed by atoms with Crippen molar-refractivity contribution in [2.75, 3.05) is 13.1 Å². The lowest BCUT2D eigenvalue weighted by molar-refractivity contribution is -0.137. The zero-order valence-electron chi connectivity index (χ0n) is 15.8. The number of pyridine rings is 1. The molecule has 1 aromatic heterocycles. The SMILES string of the molecule is Cc1ccc(C2(O)CCN(C(=O)[C@H]3CC[C@H](c4ccccc4)N3)CC2)nc1. The van der Waals surface area contributed by atoms with Crippen LogP contribution in [0.4, 0.5) is 0 Å². The maximum Gasteiger partial charge on any atom is 0.239 e. The third-order valence-electron chi connectivity index (χ3n) is 5.94. The molecule has 3 heterocycles. The first kappa shape index (κ1) is 18.1. The van der Waals surface area contributed by atoms with Crippen molar-refractivity contribution in [1.82, 2.24) is 15.2 Å². The fourth-order valence-electron chi connectivity index (χ4n) is 4.20. The Labute approximate surface area is 160 Å². The molecule has 2 N–H and O–H groups in total. The van der Waals surface area contributed by atoms with E-state index in [4.69, 9.17) is 0 Å². The van der Waals surface area contributed by atoms with Gasteiger partial charge in [-0.15, -0.1) is 0 Å². The molecule has 27 heavy (non-hydrogen) atoms. The van der Waals surface area contributed by atoms with Crippen LogP contribution in [-0.4, -0.2) is 40.0 Å². The van der Waals surface area contributed by atoms with Crippen molar-refractivity contribution >= 4 is 5.91 Å². The number of nitrogens with one attached hydrogen (secondary N) is 1. The number of amides is 1. The first-order valence-electron chi connectivity index (χ1n) is 9.80. The van der Waals surface area contributed by atoms with Gasteiger partial charge in [0.2, 0.25) is 5.91 Å². The summed E-state index contributed by atoms with van der Waals surface area (Å²) in [6.07, 6.45) is 4.69. The minimum absolute atomic E-state index is 0.126. The van der Waals surface area contributed by atoms with Crippen LogP contribution in [0, 0.1) is 6.92 Å². The van der Waals surface area contributed by atoms with Crippen molar-refractivity contribution < 1.29 is 9.90 Å². The predicted octanol–water partition coefficient (Wildman–Crippen LogP) is 2.69. The summed E-state index contributed by atoms with van der Waals surface area (Å²) < 4.78 is 0. The van der Waals surface area contributed by atoms with Gasteiger partial charge in [0.1, 0.15) is 5.60 Å². The lowest BCUT2D eigenvalue weighted by atomic mass is 9.87. The normalized spacial score (nSPS) is 24.7. The molecule has 1 amide bonds. The molecule has 5 heteroatoms. The number of piperidine rings is 1. The van der Waals surface area contributed by atoms with Gasteiger partial charge in [-0.2, -0.15) is 0 Å². The van der Waals surface area contributed by atoms with Crippen molar-refractivity contribution in [2.45, 2.75) is 50.3 Å². The van der Waals surface area contributed by atoms with E-state index in [0.717, 1.165) is 18.4 Å². The van der Waals surface area contributed by atoms with Crippen LogP contribution >= 0.6 is 0 Å². The quantitative estimate of drug-likeness (QED) is 0.878. The van der Waals surface area contributed by atoms with E-state index in [1.165, 1.54) is 5.56 Å². The van der Waals surface area contributed by atoms with Crippen LogP contribution in [-0.2, 0) is 10.4 Å². The summed E-state index contributed by atoms with van der Waals surface area (Å²) in [6, 6.07) is 14.3. The van der Waals surface area contributed by atoms with Gasteiger partial charge in [0.25, 0.3) is 0 Å². The van der Waals surface area contributed by atoms with Crippen molar-refractivity contribution in [3.63, 3.8) is 0 Å². The number of likely N-dealkylation sites (tertiary alicyclic amines) is 1. The van der Waals surface area contributed by atoms with E-state index >= 15 is 0 Å². The summed E-state index contributed by atoms with van der Waals surface area (Å²) >= 11 is 0. The largest absolute Gasteiger partial charge is 0.383 e. The molecule has 2 aliphatic heterocycles. The van der Waals surface area contributed by atoms with Crippen LogP contribution in [0.25, 0.3) is 0 Å². The fraction of sp³-hybridized carbons (Fsp3) is 0.455. The topological polar surface area (TPSA) is 65.5 Å².